The van der Waals surface area contributed by atoms with Crippen molar-refractivity contribution in [3.05, 3.63) is 0 Å². The van der Waals surface area contributed by atoms with Gasteiger partial charge in [0.1, 0.15) is 0 Å². The molecular weight excluding hydrogens is 183 g/mol. The van der Waals surface area contributed by atoms with Crippen LogP contribution in [0.1, 0.15) is 26.7 Å². The molecule has 0 aromatic rings. The Balaban J connectivity index is 0.000000217. The van der Waals surface area contributed by atoms with E-state index < -0.39 is 7.82 Å². The van der Waals surface area contributed by atoms with E-state index in [2.05, 4.69) is 13.8 Å². The van der Waals surface area contributed by atoms with E-state index in [-0.39, 0.29) is 0 Å². The third-order valence-corrected chi connectivity index (χ3v) is 1.44. The maximum Gasteiger partial charge on any atom is 0.466 e. The lowest BCUT2D eigenvalue weighted by Gasteiger charge is -2.01. The quantitative estimate of drug-likeness (QED) is 0.497. The molecule has 3 N–H and O–H groups in total. The van der Waals surface area contributed by atoms with Gasteiger partial charge >= 0.3 is 7.82 Å². The molecule has 0 saturated carbocycles. The average molecular weight is 198 g/mol. The Bertz CT molecular complexity index is 149. The van der Waals surface area contributed by atoms with Crippen molar-refractivity contribution in [1.82, 2.24) is 0 Å². The number of hydrogen-bond acceptors (Lipinski definition) is 2. The molecule has 1 aliphatic heterocycles. The molecule has 0 spiro atoms. The molecule has 1 rings (SSSR count). The Kier molecular flexibility index (Phi) is 4.97. The number of rotatable bonds is 0. The molecule has 6 heteroatoms. The van der Waals surface area contributed by atoms with Crippen molar-refractivity contribution < 1.29 is 24.0 Å². The molecule has 0 amide bonds. The monoisotopic (exact) mass is 198 g/mol. The second-order valence-electron chi connectivity index (χ2n) is 2.85. The SMILES string of the molecule is CC1CCC(C)O1.O=P(O)(O)O. The largest absolute Gasteiger partial charge is 0.466 e. The first-order valence-electron chi connectivity index (χ1n) is 3.73. The molecule has 0 aliphatic carbocycles. The molecule has 1 saturated heterocycles. The first-order chi connectivity index (χ1) is 5.29. The zero-order valence-electron chi connectivity index (χ0n) is 7.17. The van der Waals surface area contributed by atoms with Crippen molar-refractivity contribution in [1.29, 1.82) is 0 Å². The summed E-state index contributed by atoms with van der Waals surface area (Å²) in [6.45, 7) is 4.26. The van der Waals surface area contributed by atoms with Gasteiger partial charge in [0.15, 0.2) is 0 Å². The molecule has 2 unspecified atom stereocenters. The van der Waals surface area contributed by atoms with Gasteiger partial charge in [-0.05, 0) is 26.7 Å². The Morgan fingerprint density at radius 2 is 1.42 bits per heavy atom. The predicted molar refractivity (Wildman–Crippen MR) is 43.5 cm³/mol. The van der Waals surface area contributed by atoms with E-state index in [0.29, 0.717) is 12.2 Å². The highest BCUT2D eigenvalue weighted by atomic mass is 31.2. The molecule has 74 valence electrons. The van der Waals surface area contributed by atoms with Gasteiger partial charge in [0.2, 0.25) is 0 Å². The van der Waals surface area contributed by atoms with Crippen LogP contribution in [0.4, 0.5) is 0 Å². The molecule has 2 atom stereocenters. The van der Waals surface area contributed by atoms with Crippen molar-refractivity contribution in [3.63, 3.8) is 0 Å². The van der Waals surface area contributed by atoms with E-state index in [4.69, 9.17) is 24.0 Å². The molecule has 5 nitrogen and oxygen atoms in total. The maximum atomic E-state index is 8.88. The standard InChI is InChI=1S/C6H12O.H3O4P/c1-5-3-4-6(2)7-5;1-5(2,3)4/h5-6H,3-4H2,1-2H3;(H3,1,2,3,4). The van der Waals surface area contributed by atoms with Crippen LogP contribution in [0, 0.1) is 0 Å². The van der Waals surface area contributed by atoms with Crippen LogP contribution in [0.2, 0.25) is 0 Å². The third-order valence-electron chi connectivity index (χ3n) is 1.44. The molecule has 1 aliphatic rings. The minimum atomic E-state index is -4.64. The van der Waals surface area contributed by atoms with Gasteiger partial charge in [-0.3, -0.25) is 0 Å². The van der Waals surface area contributed by atoms with Gasteiger partial charge in [0.05, 0.1) is 12.2 Å². The average Bonchev–Trinajstić information content (AvgIpc) is 2.09. The minimum Gasteiger partial charge on any atom is -0.376 e. The molecule has 0 radical (unpaired) electrons. The molecule has 12 heavy (non-hydrogen) atoms. The maximum absolute atomic E-state index is 8.88. The van der Waals surface area contributed by atoms with E-state index in [0.717, 1.165) is 0 Å². The van der Waals surface area contributed by atoms with Crippen LogP contribution < -0.4 is 0 Å². The predicted octanol–water partition coefficient (Wildman–Crippen LogP) is 0.645. The van der Waals surface area contributed by atoms with Crippen LogP contribution in [0.5, 0.6) is 0 Å². The van der Waals surface area contributed by atoms with Gasteiger partial charge in [-0.15, -0.1) is 0 Å². The van der Waals surface area contributed by atoms with Crippen LogP contribution in [-0.4, -0.2) is 26.9 Å². The summed E-state index contributed by atoms with van der Waals surface area (Å²) < 4.78 is 14.2. The number of phosphoric acid groups is 1. The van der Waals surface area contributed by atoms with E-state index in [1.165, 1.54) is 12.8 Å². The van der Waals surface area contributed by atoms with E-state index >= 15 is 0 Å². The molecule has 1 fully saturated rings. The Morgan fingerprint density at radius 3 is 1.50 bits per heavy atom. The Hall–Kier alpha value is 0.0700. The third kappa shape index (κ3) is 10.1. The summed E-state index contributed by atoms with van der Waals surface area (Å²) in [6, 6.07) is 0. The smallest absolute Gasteiger partial charge is 0.376 e. The van der Waals surface area contributed by atoms with Crippen molar-refractivity contribution >= 4 is 7.82 Å². The van der Waals surface area contributed by atoms with Gasteiger partial charge in [0.25, 0.3) is 0 Å². The fourth-order valence-corrected chi connectivity index (χ4v) is 1.00. The number of hydrogen-bond donors (Lipinski definition) is 3. The van der Waals surface area contributed by atoms with Crippen molar-refractivity contribution in [2.75, 3.05) is 0 Å². The summed E-state index contributed by atoms with van der Waals surface area (Å²) in [5.74, 6) is 0. The zero-order valence-corrected chi connectivity index (χ0v) is 8.07. The Morgan fingerprint density at radius 1 is 1.17 bits per heavy atom. The number of ether oxygens (including phenoxy) is 1. The van der Waals surface area contributed by atoms with E-state index in [9.17, 15) is 0 Å². The van der Waals surface area contributed by atoms with E-state index in [1.807, 2.05) is 0 Å². The fraction of sp³-hybridized carbons (Fsp3) is 1.00. The van der Waals surface area contributed by atoms with Crippen LogP contribution in [0.25, 0.3) is 0 Å². The second kappa shape index (κ2) is 4.94. The van der Waals surface area contributed by atoms with Gasteiger partial charge < -0.3 is 19.4 Å². The lowest BCUT2D eigenvalue weighted by atomic mass is 10.2. The van der Waals surface area contributed by atoms with Gasteiger partial charge in [-0.1, -0.05) is 0 Å². The normalized spacial score (nSPS) is 29.4. The van der Waals surface area contributed by atoms with Crippen molar-refractivity contribution in [2.45, 2.75) is 38.9 Å². The summed E-state index contributed by atoms with van der Waals surface area (Å²) in [4.78, 5) is 21.6. The highest BCUT2D eigenvalue weighted by Gasteiger charge is 2.16. The minimum absolute atomic E-state index is 0.523. The lowest BCUT2D eigenvalue weighted by Crippen LogP contribution is -2.01. The first kappa shape index (κ1) is 12.1. The van der Waals surface area contributed by atoms with Crippen molar-refractivity contribution in [3.8, 4) is 0 Å². The zero-order chi connectivity index (χ0) is 9.78. The molecule has 1 heterocycles. The molecule has 0 aromatic carbocycles. The van der Waals surface area contributed by atoms with Gasteiger partial charge in [-0.2, -0.15) is 0 Å². The summed E-state index contributed by atoms with van der Waals surface area (Å²) in [5, 5.41) is 0. The first-order valence-corrected chi connectivity index (χ1v) is 5.29. The molecule has 0 bridgehead atoms. The lowest BCUT2D eigenvalue weighted by molar-refractivity contribution is 0.0673. The molecule has 0 aromatic heterocycles. The van der Waals surface area contributed by atoms with Crippen LogP contribution in [0.15, 0.2) is 0 Å². The fourth-order valence-electron chi connectivity index (χ4n) is 1.00. The van der Waals surface area contributed by atoms with Gasteiger partial charge in [-0.25, -0.2) is 4.57 Å². The summed E-state index contributed by atoms with van der Waals surface area (Å²) in [7, 11) is -4.64. The highest BCUT2D eigenvalue weighted by molar-refractivity contribution is 7.45. The summed E-state index contributed by atoms with van der Waals surface area (Å²) in [5.41, 5.74) is 0. The van der Waals surface area contributed by atoms with Gasteiger partial charge in [0, 0.05) is 0 Å². The van der Waals surface area contributed by atoms with Crippen LogP contribution in [0.3, 0.4) is 0 Å². The van der Waals surface area contributed by atoms with Crippen LogP contribution in [-0.2, 0) is 9.30 Å². The second-order valence-corrected chi connectivity index (χ2v) is 3.87. The summed E-state index contributed by atoms with van der Waals surface area (Å²) in [6.07, 6.45) is 3.55. The van der Waals surface area contributed by atoms with Crippen LogP contribution >= 0.6 is 7.82 Å². The van der Waals surface area contributed by atoms with Crippen molar-refractivity contribution in [2.24, 2.45) is 0 Å². The summed E-state index contributed by atoms with van der Waals surface area (Å²) >= 11 is 0. The highest BCUT2D eigenvalue weighted by Crippen LogP contribution is 2.25. The van der Waals surface area contributed by atoms with E-state index in [1.54, 1.807) is 0 Å². The topological polar surface area (TPSA) is 87.0 Å². The molecular formula is C6H15O5P. The Labute approximate surface area is 71.6 Å².